The molecule has 2 aromatic rings. The summed E-state index contributed by atoms with van der Waals surface area (Å²) in [6.45, 7) is 6.82. The summed E-state index contributed by atoms with van der Waals surface area (Å²) in [5.41, 5.74) is 7.24. The monoisotopic (exact) mass is 309 g/mol. The van der Waals surface area contributed by atoms with Gasteiger partial charge >= 0.3 is 0 Å². The number of nitrogens with two attached hydrogens (primary N) is 1. The van der Waals surface area contributed by atoms with E-state index in [1.807, 2.05) is 32.9 Å². The molecule has 1 heterocycles. The number of rotatable bonds is 6. The average molecular weight is 310 g/mol. The highest BCUT2D eigenvalue weighted by atomic mass is 35.5. The molecule has 0 aliphatic rings. The predicted octanol–water partition coefficient (Wildman–Crippen LogP) is 3.30. The number of hydrogen-bond acceptors (Lipinski definition) is 5. The molecule has 0 aliphatic heterocycles. The number of benzene rings is 1. The Morgan fingerprint density at radius 3 is 2.90 bits per heavy atom. The SMILES string of the molecule is CCCOCC(C)(N)c1noc(-c2cc(Cl)ccc2C)n1. The van der Waals surface area contributed by atoms with Crippen molar-refractivity contribution in [2.75, 3.05) is 13.2 Å². The van der Waals surface area contributed by atoms with E-state index in [9.17, 15) is 0 Å². The quantitative estimate of drug-likeness (QED) is 0.829. The van der Waals surface area contributed by atoms with Crippen LogP contribution < -0.4 is 5.73 Å². The van der Waals surface area contributed by atoms with Gasteiger partial charge in [-0.1, -0.05) is 29.7 Å². The Morgan fingerprint density at radius 1 is 1.43 bits per heavy atom. The molecule has 6 heteroatoms. The van der Waals surface area contributed by atoms with Crippen LogP contribution in [-0.4, -0.2) is 23.4 Å². The smallest absolute Gasteiger partial charge is 0.258 e. The van der Waals surface area contributed by atoms with Crippen LogP contribution in [0.2, 0.25) is 5.02 Å². The van der Waals surface area contributed by atoms with Crippen molar-refractivity contribution in [3.05, 3.63) is 34.6 Å². The van der Waals surface area contributed by atoms with E-state index in [1.54, 1.807) is 6.07 Å². The molecule has 0 aliphatic carbocycles. The molecule has 1 aromatic heterocycles. The van der Waals surface area contributed by atoms with E-state index < -0.39 is 5.54 Å². The third kappa shape index (κ3) is 3.81. The predicted molar refractivity (Wildman–Crippen MR) is 82.1 cm³/mol. The Hall–Kier alpha value is -1.43. The second kappa shape index (κ2) is 6.56. The Kier molecular flexibility index (Phi) is 4.98. The maximum atomic E-state index is 6.20. The Morgan fingerprint density at radius 2 is 2.19 bits per heavy atom. The molecule has 0 spiro atoms. The number of ether oxygens (including phenoxy) is 1. The van der Waals surface area contributed by atoms with Crippen molar-refractivity contribution in [3.8, 4) is 11.5 Å². The van der Waals surface area contributed by atoms with Crippen molar-refractivity contribution < 1.29 is 9.26 Å². The normalized spacial score (nSPS) is 14.1. The van der Waals surface area contributed by atoms with Crippen LogP contribution in [0.3, 0.4) is 0 Å². The summed E-state index contributed by atoms with van der Waals surface area (Å²) in [7, 11) is 0. The average Bonchev–Trinajstić information content (AvgIpc) is 2.92. The summed E-state index contributed by atoms with van der Waals surface area (Å²) in [6, 6.07) is 5.53. The summed E-state index contributed by atoms with van der Waals surface area (Å²) < 4.78 is 10.8. The summed E-state index contributed by atoms with van der Waals surface area (Å²) >= 11 is 6.01. The molecule has 0 radical (unpaired) electrons. The molecule has 1 atom stereocenters. The third-order valence-electron chi connectivity index (χ3n) is 3.12. The number of nitrogens with zero attached hydrogens (tertiary/aromatic N) is 2. The lowest BCUT2D eigenvalue weighted by atomic mass is 10.0. The van der Waals surface area contributed by atoms with E-state index in [0.717, 1.165) is 17.5 Å². The molecular formula is C15H20ClN3O2. The standard InChI is InChI=1S/C15H20ClN3O2/c1-4-7-20-9-15(3,17)14-18-13(21-19-14)12-8-11(16)6-5-10(12)2/h5-6,8H,4,7,9,17H2,1-3H3. The fourth-order valence-corrected chi connectivity index (χ4v) is 2.05. The lowest BCUT2D eigenvalue weighted by Crippen LogP contribution is -2.39. The van der Waals surface area contributed by atoms with Gasteiger partial charge in [0.1, 0.15) is 5.54 Å². The molecule has 0 amide bonds. The van der Waals surface area contributed by atoms with E-state index in [1.165, 1.54) is 0 Å². The highest BCUT2D eigenvalue weighted by Crippen LogP contribution is 2.27. The minimum absolute atomic E-state index is 0.342. The minimum Gasteiger partial charge on any atom is -0.379 e. The van der Waals surface area contributed by atoms with Gasteiger partial charge in [0.05, 0.1) is 6.61 Å². The largest absolute Gasteiger partial charge is 0.379 e. The molecule has 0 bridgehead atoms. The Bertz CT molecular complexity index is 611. The van der Waals surface area contributed by atoms with Crippen molar-refractivity contribution in [2.24, 2.45) is 5.73 Å². The van der Waals surface area contributed by atoms with Gasteiger partial charge < -0.3 is 15.0 Å². The molecule has 2 N–H and O–H groups in total. The van der Waals surface area contributed by atoms with Gasteiger partial charge in [0.2, 0.25) is 0 Å². The molecule has 0 fully saturated rings. The van der Waals surface area contributed by atoms with Crippen LogP contribution >= 0.6 is 11.6 Å². The van der Waals surface area contributed by atoms with Crippen LogP contribution in [0.4, 0.5) is 0 Å². The summed E-state index contributed by atoms with van der Waals surface area (Å²) in [5.74, 6) is 0.838. The van der Waals surface area contributed by atoms with Crippen LogP contribution in [0.25, 0.3) is 11.5 Å². The van der Waals surface area contributed by atoms with E-state index in [0.29, 0.717) is 30.0 Å². The van der Waals surface area contributed by atoms with Crippen LogP contribution in [-0.2, 0) is 10.3 Å². The van der Waals surface area contributed by atoms with Crippen molar-refractivity contribution in [3.63, 3.8) is 0 Å². The highest BCUT2D eigenvalue weighted by molar-refractivity contribution is 6.30. The number of hydrogen-bond donors (Lipinski definition) is 1. The van der Waals surface area contributed by atoms with Gasteiger partial charge in [-0.2, -0.15) is 4.98 Å². The topological polar surface area (TPSA) is 74.2 Å². The van der Waals surface area contributed by atoms with Gasteiger partial charge in [-0.15, -0.1) is 0 Å². The second-order valence-corrected chi connectivity index (χ2v) is 5.79. The van der Waals surface area contributed by atoms with Crippen molar-refractivity contribution >= 4 is 11.6 Å². The van der Waals surface area contributed by atoms with Gasteiger partial charge in [0, 0.05) is 17.2 Å². The summed E-state index contributed by atoms with van der Waals surface area (Å²) in [4.78, 5) is 4.39. The van der Waals surface area contributed by atoms with Gasteiger partial charge in [0.15, 0.2) is 5.82 Å². The van der Waals surface area contributed by atoms with Crippen molar-refractivity contribution in [1.82, 2.24) is 10.1 Å². The van der Waals surface area contributed by atoms with E-state index >= 15 is 0 Å². The highest BCUT2D eigenvalue weighted by Gasteiger charge is 2.28. The van der Waals surface area contributed by atoms with Gasteiger partial charge in [-0.05, 0) is 38.0 Å². The Balaban J connectivity index is 2.23. The Labute approximate surface area is 129 Å². The fraction of sp³-hybridized carbons (Fsp3) is 0.467. The molecule has 114 valence electrons. The lowest BCUT2D eigenvalue weighted by molar-refractivity contribution is 0.0867. The van der Waals surface area contributed by atoms with E-state index in [-0.39, 0.29) is 0 Å². The van der Waals surface area contributed by atoms with Gasteiger partial charge in [0.25, 0.3) is 5.89 Å². The minimum atomic E-state index is -0.788. The van der Waals surface area contributed by atoms with Crippen molar-refractivity contribution in [1.29, 1.82) is 0 Å². The molecule has 5 nitrogen and oxygen atoms in total. The second-order valence-electron chi connectivity index (χ2n) is 5.35. The molecule has 2 rings (SSSR count). The van der Waals surface area contributed by atoms with Crippen LogP contribution in [0.5, 0.6) is 0 Å². The number of aromatic nitrogens is 2. The molecule has 0 saturated heterocycles. The van der Waals surface area contributed by atoms with Crippen LogP contribution in [0.1, 0.15) is 31.7 Å². The molecule has 0 saturated carbocycles. The first-order chi connectivity index (χ1) is 9.94. The van der Waals surface area contributed by atoms with E-state index in [2.05, 4.69) is 10.1 Å². The first kappa shape index (κ1) is 15.9. The maximum absolute atomic E-state index is 6.20. The zero-order valence-electron chi connectivity index (χ0n) is 12.5. The molecule has 1 aromatic carbocycles. The summed E-state index contributed by atoms with van der Waals surface area (Å²) in [6.07, 6.45) is 0.940. The molecular weight excluding hydrogens is 290 g/mol. The van der Waals surface area contributed by atoms with Crippen LogP contribution in [0.15, 0.2) is 22.7 Å². The number of aryl methyl sites for hydroxylation is 1. The zero-order valence-corrected chi connectivity index (χ0v) is 13.3. The molecule has 1 unspecified atom stereocenters. The first-order valence-corrected chi connectivity index (χ1v) is 7.29. The first-order valence-electron chi connectivity index (χ1n) is 6.91. The van der Waals surface area contributed by atoms with Crippen LogP contribution in [0, 0.1) is 6.92 Å². The zero-order chi connectivity index (χ0) is 15.5. The van der Waals surface area contributed by atoms with Gasteiger partial charge in [-0.25, -0.2) is 0 Å². The third-order valence-corrected chi connectivity index (χ3v) is 3.35. The maximum Gasteiger partial charge on any atom is 0.258 e. The summed E-state index contributed by atoms with van der Waals surface area (Å²) in [5, 5.41) is 4.60. The lowest BCUT2D eigenvalue weighted by Gasteiger charge is -2.19. The fourth-order valence-electron chi connectivity index (χ4n) is 1.88. The number of halogens is 1. The van der Waals surface area contributed by atoms with E-state index in [4.69, 9.17) is 26.6 Å². The molecule has 21 heavy (non-hydrogen) atoms. The van der Waals surface area contributed by atoms with Gasteiger partial charge in [-0.3, -0.25) is 0 Å². The van der Waals surface area contributed by atoms with Crippen molar-refractivity contribution in [2.45, 2.75) is 32.7 Å².